The van der Waals surface area contributed by atoms with Crippen molar-refractivity contribution in [1.82, 2.24) is 0 Å². The van der Waals surface area contributed by atoms with Crippen LogP contribution in [0.4, 0.5) is 11.4 Å². The Morgan fingerprint density at radius 3 is 2.21 bits per heavy atom. The first-order valence-electron chi connectivity index (χ1n) is 7.21. The fourth-order valence-corrected chi connectivity index (χ4v) is 2.45. The molecular weight excluding hydrogens is 343 g/mol. The molecule has 0 bridgehead atoms. The van der Waals surface area contributed by atoms with Gasteiger partial charge in [0.05, 0.1) is 27.0 Å². The first-order chi connectivity index (χ1) is 11.6. The molecule has 0 aromatic heterocycles. The molecule has 24 heavy (non-hydrogen) atoms. The molecule has 0 radical (unpaired) electrons. The largest absolute Gasteiger partial charge is 0.289 e. The Kier molecular flexibility index (Phi) is 5.04. The molecule has 0 aliphatic rings. The SMILES string of the molecule is O=C(c1ccc(Cl)c(Cl)c1)c1ccccc1N=Nc1ccccc1. The van der Waals surface area contributed by atoms with Crippen LogP contribution in [0.15, 0.2) is 83.0 Å². The molecule has 0 fully saturated rings. The molecule has 3 aromatic carbocycles. The van der Waals surface area contributed by atoms with E-state index in [1.165, 1.54) is 0 Å². The fraction of sp³-hybridized carbons (Fsp3) is 0. The van der Waals surface area contributed by atoms with Gasteiger partial charge in [0, 0.05) is 5.56 Å². The summed E-state index contributed by atoms with van der Waals surface area (Å²) in [4.78, 5) is 12.7. The minimum Gasteiger partial charge on any atom is -0.289 e. The summed E-state index contributed by atoms with van der Waals surface area (Å²) >= 11 is 11.9. The number of hydrogen-bond donors (Lipinski definition) is 0. The number of nitrogens with zero attached hydrogens (tertiary/aromatic N) is 2. The van der Waals surface area contributed by atoms with Crippen molar-refractivity contribution in [2.75, 3.05) is 0 Å². The van der Waals surface area contributed by atoms with E-state index < -0.39 is 0 Å². The van der Waals surface area contributed by atoms with Crippen LogP contribution >= 0.6 is 23.2 Å². The molecule has 0 atom stereocenters. The molecule has 118 valence electrons. The van der Waals surface area contributed by atoms with Crippen molar-refractivity contribution in [3.05, 3.63) is 94.0 Å². The van der Waals surface area contributed by atoms with Crippen molar-refractivity contribution in [3.8, 4) is 0 Å². The monoisotopic (exact) mass is 354 g/mol. The van der Waals surface area contributed by atoms with Gasteiger partial charge in [-0.2, -0.15) is 5.11 Å². The molecule has 0 amide bonds. The van der Waals surface area contributed by atoms with Crippen LogP contribution in [0.1, 0.15) is 15.9 Å². The third kappa shape index (κ3) is 3.70. The van der Waals surface area contributed by atoms with Gasteiger partial charge in [-0.15, -0.1) is 5.11 Å². The van der Waals surface area contributed by atoms with Crippen LogP contribution < -0.4 is 0 Å². The predicted molar refractivity (Wildman–Crippen MR) is 97.0 cm³/mol. The van der Waals surface area contributed by atoms with Gasteiger partial charge in [-0.25, -0.2) is 0 Å². The predicted octanol–water partition coefficient (Wildman–Crippen LogP) is 6.64. The minimum atomic E-state index is -0.184. The summed E-state index contributed by atoms with van der Waals surface area (Å²) in [5.41, 5.74) is 2.12. The average molecular weight is 355 g/mol. The van der Waals surface area contributed by atoms with Gasteiger partial charge in [0.25, 0.3) is 0 Å². The summed E-state index contributed by atoms with van der Waals surface area (Å²) in [6.07, 6.45) is 0. The molecule has 0 unspecified atom stereocenters. The van der Waals surface area contributed by atoms with Crippen LogP contribution in [0.3, 0.4) is 0 Å². The van der Waals surface area contributed by atoms with Gasteiger partial charge in [0.2, 0.25) is 0 Å². The Morgan fingerprint density at radius 1 is 0.750 bits per heavy atom. The fourth-order valence-electron chi connectivity index (χ4n) is 2.15. The molecule has 5 heteroatoms. The topological polar surface area (TPSA) is 41.8 Å². The van der Waals surface area contributed by atoms with Gasteiger partial charge in [-0.1, -0.05) is 53.5 Å². The van der Waals surface area contributed by atoms with Crippen LogP contribution in [0.5, 0.6) is 0 Å². The maximum atomic E-state index is 12.7. The Balaban J connectivity index is 1.95. The molecule has 3 rings (SSSR count). The van der Waals surface area contributed by atoms with Gasteiger partial charge in [-0.3, -0.25) is 4.79 Å². The van der Waals surface area contributed by atoms with Gasteiger partial charge >= 0.3 is 0 Å². The van der Waals surface area contributed by atoms with E-state index in [1.54, 1.807) is 36.4 Å². The number of halogens is 2. The Bertz CT molecular complexity index is 908. The number of hydrogen-bond acceptors (Lipinski definition) is 3. The number of ketones is 1. The van der Waals surface area contributed by atoms with Gasteiger partial charge in [0.15, 0.2) is 5.78 Å². The van der Waals surface area contributed by atoms with Crippen LogP contribution in [-0.2, 0) is 0 Å². The van der Waals surface area contributed by atoms with E-state index >= 15 is 0 Å². The molecule has 0 N–H and O–H groups in total. The molecule has 3 aromatic rings. The number of azo groups is 1. The van der Waals surface area contributed by atoms with E-state index in [-0.39, 0.29) is 5.78 Å². The first kappa shape index (κ1) is 16.4. The van der Waals surface area contributed by atoms with Crippen LogP contribution in [0.2, 0.25) is 10.0 Å². The highest BCUT2D eigenvalue weighted by Gasteiger charge is 2.14. The molecule has 0 spiro atoms. The van der Waals surface area contributed by atoms with Gasteiger partial charge in [-0.05, 0) is 42.5 Å². The summed E-state index contributed by atoms with van der Waals surface area (Å²) in [6.45, 7) is 0. The highest BCUT2D eigenvalue weighted by atomic mass is 35.5. The molecular formula is C19H12Cl2N2O. The summed E-state index contributed by atoms with van der Waals surface area (Å²) in [6, 6.07) is 21.2. The zero-order chi connectivity index (χ0) is 16.9. The van der Waals surface area contributed by atoms with E-state index in [4.69, 9.17) is 23.2 Å². The zero-order valence-electron chi connectivity index (χ0n) is 12.5. The minimum absolute atomic E-state index is 0.184. The Labute approximate surface area is 149 Å². The summed E-state index contributed by atoms with van der Waals surface area (Å²) in [5, 5.41) is 9.13. The van der Waals surface area contributed by atoms with Gasteiger partial charge in [0.1, 0.15) is 0 Å². The quantitative estimate of drug-likeness (QED) is 0.382. The molecule has 3 nitrogen and oxygen atoms in total. The lowest BCUT2D eigenvalue weighted by Crippen LogP contribution is -2.01. The van der Waals surface area contributed by atoms with E-state index in [0.717, 1.165) is 0 Å². The van der Waals surface area contributed by atoms with Crippen molar-refractivity contribution in [3.63, 3.8) is 0 Å². The standard InChI is InChI=1S/C19H12Cl2N2O/c20-16-11-10-13(12-17(16)21)19(24)15-8-4-5-9-18(15)23-22-14-6-2-1-3-7-14/h1-12H. The molecule has 0 saturated carbocycles. The normalized spacial score (nSPS) is 10.9. The number of carbonyl (C=O) groups excluding carboxylic acids is 1. The van der Waals surface area contributed by atoms with Crippen LogP contribution in [-0.4, -0.2) is 5.78 Å². The van der Waals surface area contributed by atoms with Crippen molar-refractivity contribution in [2.24, 2.45) is 10.2 Å². The van der Waals surface area contributed by atoms with E-state index in [9.17, 15) is 4.79 Å². The molecule has 0 heterocycles. The van der Waals surface area contributed by atoms with Crippen LogP contribution in [0.25, 0.3) is 0 Å². The maximum Gasteiger partial charge on any atom is 0.195 e. The second-order valence-corrected chi connectivity index (χ2v) is 5.83. The number of rotatable bonds is 4. The van der Waals surface area contributed by atoms with Crippen molar-refractivity contribution >= 4 is 40.4 Å². The maximum absolute atomic E-state index is 12.7. The highest BCUT2D eigenvalue weighted by molar-refractivity contribution is 6.42. The number of benzene rings is 3. The van der Waals surface area contributed by atoms with Crippen molar-refractivity contribution < 1.29 is 4.79 Å². The van der Waals surface area contributed by atoms with Crippen molar-refractivity contribution in [1.29, 1.82) is 0 Å². The summed E-state index contributed by atoms with van der Waals surface area (Å²) < 4.78 is 0. The van der Waals surface area contributed by atoms with E-state index in [2.05, 4.69) is 10.2 Å². The third-order valence-corrected chi connectivity index (χ3v) is 4.10. The summed E-state index contributed by atoms with van der Waals surface area (Å²) in [7, 11) is 0. The Morgan fingerprint density at radius 2 is 1.46 bits per heavy atom. The zero-order valence-corrected chi connectivity index (χ0v) is 14.0. The second kappa shape index (κ2) is 7.39. The molecule has 0 saturated heterocycles. The van der Waals surface area contributed by atoms with Crippen LogP contribution in [0, 0.1) is 0 Å². The first-order valence-corrected chi connectivity index (χ1v) is 7.96. The average Bonchev–Trinajstić information content (AvgIpc) is 2.63. The van der Waals surface area contributed by atoms with E-state index in [1.807, 2.05) is 36.4 Å². The van der Waals surface area contributed by atoms with E-state index in [0.29, 0.717) is 32.5 Å². The highest BCUT2D eigenvalue weighted by Crippen LogP contribution is 2.27. The second-order valence-electron chi connectivity index (χ2n) is 5.01. The lowest BCUT2D eigenvalue weighted by molar-refractivity contribution is 0.103. The molecule has 0 aliphatic carbocycles. The smallest absolute Gasteiger partial charge is 0.195 e. The molecule has 0 aliphatic heterocycles. The summed E-state index contributed by atoms with van der Waals surface area (Å²) in [5.74, 6) is -0.184. The third-order valence-electron chi connectivity index (χ3n) is 3.36. The number of carbonyl (C=O) groups is 1. The Hall–Kier alpha value is -2.49. The van der Waals surface area contributed by atoms with Crippen molar-refractivity contribution in [2.45, 2.75) is 0 Å². The van der Waals surface area contributed by atoms with Gasteiger partial charge < -0.3 is 0 Å². The lowest BCUT2D eigenvalue weighted by Gasteiger charge is -2.05. The lowest BCUT2D eigenvalue weighted by atomic mass is 10.0.